The van der Waals surface area contributed by atoms with Crippen LogP contribution in [0.4, 0.5) is 0 Å². The number of hydrogen-bond acceptors (Lipinski definition) is 3. The SMILES string of the molecule is OC1CCCCC1C1CCCN1CC1CCOC1. The van der Waals surface area contributed by atoms with E-state index in [9.17, 15) is 5.11 Å². The van der Waals surface area contributed by atoms with Gasteiger partial charge in [-0.05, 0) is 44.6 Å². The standard InChI is InChI=1S/C15H27NO2/c17-15-6-2-1-4-13(15)14-5-3-8-16(14)10-12-7-9-18-11-12/h12-15,17H,1-11H2. The lowest BCUT2D eigenvalue weighted by molar-refractivity contribution is 0.0180. The van der Waals surface area contributed by atoms with Crippen LogP contribution in [-0.2, 0) is 4.74 Å². The Morgan fingerprint density at radius 3 is 2.72 bits per heavy atom. The molecule has 0 aromatic heterocycles. The first kappa shape index (κ1) is 12.9. The Kier molecular flexibility index (Phi) is 4.22. The van der Waals surface area contributed by atoms with Crippen LogP contribution in [0.25, 0.3) is 0 Å². The van der Waals surface area contributed by atoms with Crippen molar-refractivity contribution >= 4 is 0 Å². The van der Waals surface area contributed by atoms with Gasteiger partial charge in [0.1, 0.15) is 0 Å². The topological polar surface area (TPSA) is 32.7 Å². The molecule has 0 radical (unpaired) electrons. The molecule has 0 amide bonds. The normalized spacial score (nSPS) is 42.5. The average molecular weight is 253 g/mol. The van der Waals surface area contributed by atoms with Crippen LogP contribution in [0.1, 0.15) is 44.9 Å². The molecular weight excluding hydrogens is 226 g/mol. The van der Waals surface area contributed by atoms with Gasteiger partial charge in [-0.25, -0.2) is 0 Å². The van der Waals surface area contributed by atoms with Crippen molar-refractivity contribution in [3.05, 3.63) is 0 Å². The monoisotopic (exact) mass is 253 g/mol. The molecule has 2 saturated heterocycles. The summed E-state index contributed by atoms with van der Waals surface area (Å²) in [5.41, 5.74) is 0. The molecule has 0 aromatic rings. The fraction of sp³-hybridized carbons (Fsp3) is 1.00. The van der Waals surface area contributed by atoms with Crippen molar-refractivity contribution in [2.24, 2.45) is 11.8 Å². The van der Waals surface area contributed by atoms with Gasteiger partial charge in [0.15, 0.2) is 0 Å². The largest absolute Gasteiger partial charge is 0.393 e. The number of rotatable bonds is 3. The van der Waals surface area contributed by atoms with Crippen molar-refractivity contribution in [2.75, 3.05) is 26.3 Å². The van der Waals surface area contributed by atoms with Gasteiger partial charge in [-0.2, -0.15) is 0 Å². The van der Waals surface area contributed by atoms with Gasteiger partial charge < -0.3 is 9.84 Å². The third-order valence-corrected chi connectivity index (χ3v) is 5.21. The van der Waals surface area contributed by atoms with Crippen molar-refractivity contribution in [2.45, 2.75) is 57.1 Å². The summed E-state index contributed by atoms with van der Waals surface area (Å²) in [6.45, 7) is 4.35. The minimum atomic E-state index is -0.0378. The quantitative estimate of drug-likeness (QED) is 0.835. The zero-order valence-corrected chi connectivity index (χ0v) is 11.4. The summed E-state index contributed by atoms with van der Waals surface area (Å²) in [7, 11) is 0. The second kappa shape index (κ2) is 5.89. The molecule has 4 atom stereocenters. The third kappa shape index (κ3) is 2.73. The molecule has 1 N–H and O–H groups in total. The van der Waals surface area contributed by atoms with Crippen molar-refractivity contribution < 1.29 is 9.84 Å². The molecule has 2 heterocycles. The van der Waals surface area contributed by atoms with E-state index in [4.69, 9.17) is 4.74 Å². The average Bonchev–Trinajstić information content (AvgIpc) is 3.02. The van der Waals surface area contributed by atoms with Gasteiger partial charge in [0, 0.05) is 25.1 Å². The highest BCUT2D eigenvalue weighted by Gasteiger charge is 2.37. The Balaban J connectivity index is 1.59. The fourth-order valence-corrected chi connectivity index (χ4v) is 4.21. The molecule has 2 aliphatic heterocycles. The summed E-state index contributed by atoms with van der Waals surface area (Å²) in [4.78, 5) is 2.67. The highest BCUT2D eigenvalue weighted by molar-refractivity contribution is 4.91. The second-order valence-electron chi connectivity index (χ2n) is 6.45. The van der Waals surface area contributed by atoms with Crippen molar-refractivity contribution in [1.82, 2.24) is 4.90 Å². The smallest absolute Gasteiger partial charge is 0.0583 e. The number of nitrogens with zero attached hydrogens (tertiary/aromatic N) is 1. The number of aliphatic hydroxyl groups is 1. The van der Waals surface area contributed by atoms with Crippen LogP contribution in [-0.4, -0.2) is 48.5 Å². The van der Waals surface area contributed by atoms with Gasteiger partial charge in [-0.3, -0.25) is 4.90 Å². The van der Waals surface area contributed by atoms with Crippen LogP contribution < -0.4 is 0 Å². The Morgan fingerprint density at radius 1 is 1.06 bits per heavy atom. The maximum atomic E-state index is 10.3. The molecule has 104 valence electrons. The van der Waals surface area contributed by atoms with E-state index in [1.165, 1.54) is 51.6 Å². The maximum absolute atomic E-state index is 10.3. The molecule has 4 unspecified atom stereocenters. The zero-order chi connectivity index (χ0) is 12.4. The van der Waals surface area contributed by atoms with Crippen molar-refractivity contribution in [1.29, 1.82) is 0 Å². The third-order valence-electron chi connectivity index (χ3n) is 5.21. The number of hydrogen-bond donors (Lipinski definition) is 1. The minimum Gasteiger partial charge on any atom is -0.393 e. The Bertz CT molecular complexity index is 265. The summed E-state index contributed by atoms with van der Waals surface area (Å²) in [6, 6.07) is 0.654. The maximum Gasteiger partial charge on any atom is 0.0583 e. The van der Waals surface area contributed by atoms with E-state index in [0.29, 0.717) is 12.0 Å². The van der Waals surface area contributed by atoms with Crippen LogP contribution in [0.3, 0.4) is 0 Å². The van der Waals surface area contributed by atoms with Crippen LogP contribution in [0.2, 0.25) is 0 Å². The predicted molar refractivity (Wildman–Crippen MR) is 71.5 cm³/mol. The lowest BCUT2D eigenvalue weighted by Crippen LogP contribution is -2.44. The molecule has 0 bridgehead atoms. The molecule has 1 saturated carbocycles. The van der Waals surface area contributed by atoms with Gasteiger partial charge >= 0.3 is 0 Å². The van der Waals surface area contributed by atoms with Gasteiger partial charge in [-0.15, -0.1) is 0 Å². The first-order chi connectivity index (χ1) is 8.84. The van der Waals surface area contributed by atoms with Crippen LogP contribution >= 0.6 is 0 Å². The van der Waals surface area contributed by atoms with Gasteiger partial charge in [0.05, 0.1) is 12.7 Å². The summed E-state index contributed by atoms with van der Waals surface area (Å²) in [6.07, 6.45) is 8.63. The summed E-state index contributed by atoms with van der Waals surface area (Å²) in [5.74, 6) is 1.29. The molecule has 0 aromatic carbocycles. The molecule has 3 heteroatoms. The number of ether oxygens (including phenoxy) is 1. The molecule has 3 nitrogen and oxygen atoms in total. The van der Waals surface area contributed by atoms with E-state index in [2.05, 4.69) is 4.90 Å². The summed E-state index contributed by atoms with van der Waals surface area (Å²) in [5, 5.41) is 10.3. The van der Waals surface area contributed by atoms with Crippen LogP contribution in [0.15, 0.2) is 0 Å². The number of aliphatic hydroxyl groups excluding tert-OH is 1. The molecular formula is C15H27NO2. The fourth-order valence-electron chi connectivity index (χ4n) is 4.21. The highest BCUT2D eigenvalue weighted by Crippen LogP contribution is 2.35. The van der Waals surface area contributed by atoms with E-state index in [1.54, 1.807) is 0 Å². The first-order valence-corrected chi connectivity index (χ1v) is 7.84. The zero-order valence-electron chi connectivity index (χ0n) is 11.4. The Hall–Kier alpha value is -0.120. The van der Waals surface area contributed by atoms with E-state index in [1.807, 2.05) is 0 Å². The van der Waals surface area contributed by atoms with Crippen molar-refractivity contribution in [3.63, 3.8) is 0 Å². The van der Waals surface area contributed by atoms with Gasteiger partial charge in [0.2, 0.25) is 0 Å². The van der Waals surface area contributed by atoms with Crippen molar-refractivity contribution in [3.8, 4) is 0 Å². The summed E-state index contributed by atoms with van der Waals surface area (Å²) < 4.78 is 5.49. The molecule has 3 aliphatic rings. The molecule has 3 rings (SSSR count). The lowest BCUT2D eigenvalue weighted by Gasteiger charge is -2.38. The highest BCUT2D eigenvalue weighted by atomic mass is 16.5. The lowest BCUT2D eigenvalue weighted by atomic mass is 9.80. The van der Waals surface area contributed by atoms with Crippen LogP contribution in [0.5, 0.6) is 0 Å². The molecule has 18 heavy (non-hydrogen) atoms. The van der Waals surface area contributed by atoms with Crippen LogP contribution in [0, 0.1) is 11.8 Å². The number of likely N-dealkylation sites (tertiary alicyclic amines) is 1. The second-order valence-corrected chi connectivity index (χ2v) is 6.45. The van der Waals surface area contributed by atoms with Gasteiger partial charge in [-0.1, -0.05) is 12.8 Å². The van der Waals surface area contributed by atoms with E-state index >= 15 is 0 Å². The predicted octanol–water partition coefficient (Wildman–Crippen LogP) is 2.04. The molecule has 0 spiro atoms. The Morgan fingerprint density at radius 2 is 1.94 bits per heavy atom. The first-order valence-electron chi connectivity index (χ1n) is 7.84. The van der Waals surface area contributed by atoms with E-state index < -0.39 is 0 Å². The Labute approximate surface area is 110 Å². The van der Waals surface area contributed by atoms with E-state index in [0.717, 1.165) is 25.6 Å². The minimum absolute atomic E-state index is 0.0378. The summed E-state index contributed by atoms with van der Waals surface area (Å²) >= 11 is 0. The van der Waals surface area contributed by atoms with Gasteiger partial charge in [0.25, 0.3) is 0 Å². The molecule has 3 fully saturated rings. The molecule has 1 aliphatic carbocycles. The van der Waals surface area contributed by atoms with E-state index in [-0.39, 0.29) is 6.10 Å².